The molecule has 0 amide bonds. The van der Waals surface area contributed by atoms with E-state index in [2.05, 4.69) is 6.92 Å². The summed E-state index contributed by atoms with van der Waals surface area (Å²) in [5, 5.41) is 10.4. The Bertz CT molecular complexity index is 980. The molecule has 8 bridgehead atoms. The number of halogens is 2. The molecule has 8 aliphatic rings. The molecule has 8 rings (SSSR count). The van der Waals surface area contributed by atoms with Gasteiger partial charge in [-0.25, -0.2) is 9.59 Å². The molecule has 3 atom stereocenters. The van der Waals surface area contributed by atoms with E-state index in [9.17, 15) is 28.3 Å². The topological polar surface area (TPSA) is 108 Å². The highest BCUT2D eigenvalue weighted by molar-refractivity contribution is 5.78. The van der Waals surface area contributed by atoms with Gasteiger partial charge in [0, 0.05) is 6.92 Å². The fourth-order valence-corrected chi connectivity index (χ4v) is 9.86. The van der Waals surface area contributed by atoms with Crippen LogP contribution in [0.1, 0.15) is 78.1 Å². The fourth-order valence-electron chi connectivity index (χ4n) is 9.86. The average molecular weight is 569 g/mol. The van der Waals surface area contributed by atoms with Gasteiger partial charge in [-0.1, -0.05) is 0 Å². The van der Waals surface area contributed by atoms with Gasteiger partial charge in [-0.3, -0.25) is 4.79 Å². The predicted molar refractivity (Wildman–Crippen MR) is 136 cm³/mol. The highest BCUT2D eigenvalue weighted by Crippen LogP contribution is 2.62. The molecule has 1 N–H and O–H groups in total. The molecule has 0 spiro atoms. The van der Waals surface area contributed by atoms with E-state index in [1.165, 1.54) is 6.42 Å². The Morgan fingerprint density at radius 3 is 2.08 bits per heavy atom. The van der Waals surface area contributed by atoms with Crippen LogP contribution < -0.4 is 0 Å². The minimum atomic E-state index is -3.55. The maximum Gasteiger partial charge on any atom is 0.376 e. The van der Waals surface area contributed by atoms with Crippen LogP contribution in [0, 0.1) is 46.8 Å². The van der Waals surface area contributed by atoms with E-state index in [4.69, 9.17) is 18.9 Å². The molecule has 0 heterocycles. The summed E-state index contributed by atoms with van der Waals surface area (Å²) in [6, 6.07) is 0. The van der Waals surface area contributed by atoms with Gasteiger partial charge in [-0.05, 0) is 113 Å². The van der Waals surface area contributed by atoms with Crippen LogP contribution >= 0.6 is 0 Å². The summed E-state index contributed by atoms with van der Waals surface area (Å²) in [6.07, 6.45) is 7.14. The lowest BCUT2D eigenvalue weighted by Crippen LogP contribution is -2.58. The average Bonchev–Trinajstić information content (AvgIpc) is 2.86. The molecule has 0 aromatic carbocycles. The van der Waals surface area contributed by atoms with Gasteiger partial charge in [0.2, 0.25) is 0 Å². The van der Waals surface area contributed by atoms with E-state index < -0.39 is 47.1 Å². The number of hydrogen-bond acceptors (Lipinski definition) is 8. The SMILES string of the molecule is CC(F)(F)C(=O)OC1C2CC3CC1CC(C(=O)OCC(O)COCC(=O)OC1(C)C4CC5CC(C4)CC1C5)(C3)C2. The molecule has 8 fully saturated rings. The molecule has 0 saturated heterocycles. The molecular formula is C30H42F2O8. The second-order valence-electron chi connectivity index (χ2n) is 14.2. The standard InChI is InChI=1S/C30H42F2O8/c1-28(21-6-16-3-17(8-21)9-22(28)7-16)40-24(34)15-37-13-23(33)14-38-27(36)30-10-18-4-19(11-30)25(20(5-18)12-30)39-26(35)29(2,31)32/h16-23,25,33H,3-15H2,1-2H3. The van der Waals surface area contributed by atoms with Gasteiger partial charge in [0.1, 0.15) is 31.0 Å². The zero-order valence-corrected chi connectivity index (χ0v) is 23.4. The number of aliphatic hydroxyl groups is 1. The van der Waals surface area contributed by atoms with Crippen LogP contribution in [-0.2, 0) is 33.3 Å². The zero-order chi connectivity index (χ0) is 28.4. The molecule has 0 aromatic heterocycles. The third-order valence-electron chi connectivity index (χ3n) is 11.3. The third-order valence-corrected chi connectivity index (χ3v) is 11.3. The van der Waals surface area contributed by atoms with Crippen molar-refractivity contribution in [3.63, 3.8) is 0 Å². The van der Waals surface area contributed by atoms with Crippen molar-refractivity contribution < 1.29 is 47.2 Å². The molecule has 3 unspecified atom stereocenters. The van der Waals surface area contributed by atoms with E-state index in [0.717, 1.165) is 50.4 Å². The first kappa shape index (κ1) is 28.3. The Morgan fingerprint density at radius 1 is 0.900 bits per heavy atom. The van der Waals surface area contributed by atoms with Crippen molar-refractivity contribution in [3.05, 3.63) is 0 Å². The lowest BCUT2D eigenvalue weighted by Gasteiger charge is -2.59. The predicted octanol–water partition coefficient (Wildman–Crippen LogP) is 4.06. The van der Waals surface area contributed by atoms with Gasteiger partial charge in [-0.15, -0.1) is 0 Å². The van der Waals surface area contributed by atoms with Crippen molar-refractivity contribution in [2.45, 2.75) is 102 Å². The quantitative estimate of drug-likeness (QED) is 0.311. The number of alkyl halides is 2. The van der Waals surface area contributed by atoms with Gasteiger partial charge in [0.05, 0.1) is 12.0 Å². The van der Waals surface area contributed by atoms with Crippen molar-refractivity contribution in [2.75, 3.05) is 19.8 Å². The first-order chi connectivity index (χ1) is 18.8. The summed E-state index contributed by atoms with van der Waals surface area (Å²) in [5.74, 6) is -3.57. The van der Waals surface area contributed by atoms with Gasteiger partial charge in [0.15, 0.2) is 0 Å². The number of carbonyl (C=O) groups excluding carboxylic acids is 3. The van der Waals surface area contributed by atoms with Gasteiger partial charge < -0.3 is 24.1 Å². The highest BCUT2D eigenvalue weighted by atomic mass is 19.3. The first-order valence-corrected chi connectivity index (χ1v) is 15.1. The summed E-state index contributed by atoms with van der Waals surface area (Å²) in [7, 11) is 0. The Labute approximate surface area is 233 Å². The minimum absolute atomic E-state index is 0.152. The fraction of sp³-hybridized carbons (Fsp3) is 0.900. The van der Waals surface area contributed by atoms with Crippen LogP contribution in [0.5, 0.6) is 0 Å². The Balaban J connectivity index is 0.941. The second-order valence-corrected chi connectivity index (χ2v) is 14.2. The van der Waals surface area contributed by atoms with E-state index in [1.807, 2.05) is 0 Å². The second kappa shape index (κ2) is 10.2. The van der Waals surface area contributed by atoms with Crippen LogP contribution in [0.2, 0.25) is 0 Å². The van der Waals surface area contributed by atoms with E-state index in [0.29, 0.717) is 38.0 Å². The van der Waals surface area contributed by atoms with E-state index in [-0.39, 0.29) is 37.6 Å². The molecule has 0 aromatic rings. The molecule has 224 valence electrons. The summed E-state index contributed by atoms with van der Waals surface area (Å²) in [6.45, 7) is 1.91. The maximum absolute atomic E-state index is 13.4. The smallest absolute Gasteiger partial charge is 0.376 e. The van der Waals surface area contributed by atoms with Crippen LogP contribution in [0.4, 0.5) is 8.78 Å². The highest BCUT2D eigenvalue weighted by Gasteiger charge is 2.61. The number of aliphatic hydroxyl groups excluding tert-OH is 1. The van der Waals surface area contributed by atoms with Crippen LogP contribution in [0.3, 0.4) is 0 Å². The lowest BCUT2D eigenvalue weighted by molar-refractivity contribution is -0.210. The number of rotatable bonds is 10. The third kappa shape index (κ3) is 5.16. The molecule has 8 saturated carbocycles. The van der Waals surface area contributed by atoms with Crippen molar-refractivity contribution in [1.82, 2.24) is 0 Å². The molecule has 0 radical (unpaired) electrons. The molecule has 10 heteroatoms. The Hall–Kier alpha value is -1.81. The summed E-state index contributed by atoms with van der Waals surface area (Å²) in [5.41, 5.74) is -1.18. The summed E-state index contributed by atoms with van der Waals surface area (Å²) in [4.78, 5) is 37.6. The van der Waals surface area contributed by atoms with Crippen molar-refractivity contribution in [2.24, 2.45) is 46.8 Å². The molecular weight excluding hydrogens is 526 g/mol. The largest absolute Gasteiger partial charge is 0.462 e. The molecule has 8 aliphatic carbocycles. The molecule has 8 nitrogen and oxygen atoms in total. The number of ether oxygens (including phenoxy) is 4. The molecule has 0 aliphatic heterocycles. The maximum atomic E-state index is 13.4. The number of carbonyl (C=O) groups is 3. The number of hydrogen-bond donors (Lipinski definition) is 1. The lowest BCUT2D eigenvalue weighted by atomic mass is 9.48. The summed E-state index contributed by atoms with van der Waals surface area (Å²) >= 11 is 0. The van der Waals surface area contributed by atoms with Crippen LogP contribution in [0.15, 0.2) is 0 Å². The van der Waals surface area contributed by atoms with Crippen molar-refractivity contribution >= 4 is 17.9 Å². The normalized spacial score (nSPS) is 43.4. The van der Waals surface area contributed by atoms with Crippen molar-refractivity contribution in [1.29, 1.82) is 0 Å². The van der Waals surface area contributed by atoms with Crippen LogP contribution in [0.25, 0.3) is 0 Å². The van der Waals surface area contributed by atoms with Gasteiger partial charge >= 0.3 is 23.8 Å². The number of esters is 3. The van der Waals surface area contributed by atoms with Gasteiger partial charge in [0.25, 0.3) is 0 Å². The minimum Gasteiger partial charge on any atom is -0.462 e. The summed E-state index contributed by atoms with van der Waals surface area (Å²) < 4.78 is 49.0. The zero-order valence-electron chi connectivity index (χ0n) is 23.4. The van der Waals surface area contributed by atoms with E-state index >= 15 is 0 Å². The monoisotopic (exact) mass is 568 g/mol. The Morgan fingerprint density at radius 2 is 1.50 bits per heavy atom. The first-order valence-electron chi connectivity index (χ1n) is 15.1. The van der Waals surface area contributed by atoms with Gasteiger partial charge in [-0.2, -0.15) is 8.78 Å². The Kier molecular flexibility index (Phi) is 7.20. The van der Waals surface area contributed by atoms with E-state index in [1.54, 1.807) is 0 Å². The van der Waals surface area contributed by atoms with Crippen molar-refractivity contribution in [3.8, 4) is 0 Å². The molecule has 40 heavy (non-hydrogen) atoms. The van der Waals surface area contributed by atoms with Crippen LogP contribution in [-0.4, -0.2) is 66.6 Å².